The van der Waals surface area contributed by atoms with Gasteiger partial charge in [-0.05, 0) is 34.2 Å². The first-order valence-corrected chi connectivity index (χ1v) is 7.96. The van der Waals surface area contributed by atoms with Gasteiger partial charge in [-0.3, -0.25) is 0 Å². The number of nitrogens with zero attached hydrogens (tertiary/aromatic N) is 4. The van der Waals surface area contributed by atoms with E-state index in [4.69, 9.17) is 4.74 Å². The minimum absolute atomic E-state index is 0.168. The van der Waals surface area contributed by atoms with E-state index in [1.165, 1.54) is 30.0 Å². The first-order valence-electron chi connectivity index (χ1n) is 7.96. The zero-order valence-electron chi connectivity index (χ0n) is 14.5. The highest BCUT2D eigenvalue weighted by molar-refractivity contribution is 5.79. The van der Waals surface area contributed by atoms with Gasteiger partial charge in [-0.25, -0.2) is 4.68 Å². The topological polar surface area (TPSA) is 103 Å². The molecule has 0 aliphatic rings. The van der Waals surface area contributed by atoms with Gasteiger partial charge in [0.25, 0.3) is 0 Å². The minimum Gasteiger partial charge on any atom is -0.507 e. The molecule has 8 nitrogen and oxygen atoms in total. The maximum Gasteiger partial charge on any atom is 0.573 e. The lowest BCUT2D eigenvalue weighted by molar-refractivity contribution is -0.274. The highest BCUT2D eigenvalue weighted by Gasteiger charge is 2.31. The van der Waals surface area contributed by atoms with Gasteiger partial charge < -0.3 is 19.7 Å². The number of halogens is 3. The number of phenolic OH excluding ortho intramolecular Hbond substituents is 2. The van der Waals surface area contributed by atoms with Crippen LogP contribution in [0.1, 0.15) is 0 Å². The summed E-state index contributed by atoms with van der Waals surface area (Å²) in [7, 11) is 1.51. The third-order valence-electron chi connectivity index (χ3n) is 3.77. The number of benzene rings is 2. The summed E-state index contributed by atoms with van der Waals surface area (Å²) < 4.78 is 47.7. The van der Waals surface area contributed by atoms with Gasteiger partial charge in [0, 0.05) is 18.7 Å². The highest BCUT2D eigenvalue weighted by Crippen LogP contribution is 2.40. The zero-order chi connectivity index (χ0) is 20.3. The fraction of sp³-hybridized carbons (Fsp3) is 0.235. The summed E-state index contributed by atoms with van der Waals surface area (Å²) in [5, 5.41) is 31.6. The number of rotatable bonds is 6. The van der Waals surface area contributed by atoms with Crippen LogP contribution >= 0.6 is 0 Å². The number of methoxy groups -OCH3 is 1. The van der Waals surface area contributed by atoms with Crippen LogP contribution in [0.15, 0.2) is 36.4 Å². The first kappa shape index (κ1) is 19.4. The fourth-order valence-electron chi connectivity index (χ4n) is 2.57. The van der Waals surface area contributed by atoms with Crippen molar-refractivity contribution in [1.29, 1.82) is 0 Å². The molecule has 3 aromatic rings. The van der Waals surface area contributed by atoms with Crippen LogP contribution in [0.5, 0.6) is 17.2 Å². The Balaban J connectivity index is 2.04. The van der Waals surface area contributed by atoms with Crippen molar-refractivity contribution in [1.82, 2.24) is 20.2 Å². The Labute approximate surface area is 156 Å². The molecule has 0 fully saturated rings. The van der Waals surface area contributed by atoms with Crippen molar-refractivity contribution in [3.05, 3.63) is 36.4 Å². The molecule has 3 rings (SSSR count). The lowest BCUT2D eigenvalue weighted by Crippen LogP contribution is -2.17. The largest absolute Gasteiger partial charge is 0.573 e. The SMILES string of the molecule is COCCn1nnnc1-c1cc(-c2cccc(OC(F)(F)F)c2)c(O)cc1O. The maximum absolute atomic E-state index is 12.5. The molecule has 0 amide bonds. The van der Waals surface area contributed by atoms with Gasteiger partial charge in [-0.15, -0.1) is 18.3 Å². The van der Waals surface area contributed by atoms with E-state index in [1.807, 2.05) is 0 Å². The summed E-state index contributed by atoms with van der Waals surface area (Å²) in [4.78, 5) is 0. The lowest BCUT2D eigenvalue weighted by Gasteiger charge is -2.13. The molecule has 28 heavy (non-hydrogen) atoms. The Hall–Kier alpha value is -3.34. The number of phenols is 2. The molecule has 148 valence electrons. The smallest absolute Gasteiger partial charge is 0.507 e. The predicted octanol–water partition coefficient (Wildman–Crippen LogP) is 2.96. The summed E-state index contributed by atoms with van der Waals surface area (Å²) in [6.45, 7) is 0.629. The summed E-state index contributed by atoms with van der Waals surface area (Å²) in [6.07, 6.45) is -4.84. The fourth-order valence-corrected chi connectivity index (χ4v) is 2.57. The van der Waals surface area contributed by atoms with Crippen molar-refractivity contribution in [2.75, 3.05) is 13.7 Å². The third-order valence-corrected chi connectivity index (χ3v) is 3.77. The van der Waals surface area contributed by atoms with E-state index in [2.05, 4.69) is 20.3 Å². The van der Waals surface area contributed by atoms with Gasteiger partial charge in [0.15, 0.2) is 5.82 Å². The van der Waals surface area contributed by atoms with E-state index in [0.29, 0.717) is 13.2 Å². The molecule has 2 aromatic carbocycles. The molecule has 1 aromatic heterocycles. The highest BCUT2D eigenvalue weighted by atomic mass is 19.4. The molecular weight excluding hydrogens is 381 g/mol. The van der Waals surface area contributed by atoms with E-state index in [-0.39, 0.29) is 34.0 Å². The van der Waals surface area contributed by atoms with Gasteiger partial charge in [0.2, 0.25) is 0 Å². The van der Waals surface area contributed by atoms with E-state index >= 15 is 0 Å². The molecule has 0 radical (unpaired) electrons. The number of hydrogen-bond acceptors (Lipinski definition) is 7. The summed E-state index contributed by atoms with van der Waals surface area (Å²) in [5.74, 6) is -0.860. The average molecular weight is 396 g/mol. The minimum atomic E-state index is -4.84. The van der Waals surface area contributed by atoms with Crippen molar-refractivity contribution in [3.63, 3.8) is 0 Å². The Morgan fingerprint density at radius 2 is 1.82 bits per heavy atom. The zero-order valence-corrected chi connectivity index (χ0v) is 14.5. The molecule has 11 heteroatoms. The summed E-state index contributed by atoms with van der Waals surface area (Å²) >= 11 is 0. The number of tetrazole rings is 1. The van der Waals surface area contributed by atoms with Crippen molar-refractivity contribution in [2.24, 2.45) is 0 Å². The van der Waals surface area contributed by atoms with Crippen molar-refractivity contribution < 1.29 is 32.9 Å². The van der Waals surface area contributed by atoms with E-state index < -0.39 is 12.1 Å². The standard InChI is InChI=1S/C17H15F3N4O4/c1-27-6-5-24-16(21-22-23-24)13-8-12(14(25)9-15(13)26)10-3-2-4-11(7-10)28-17(18,19)20/h2-4,7-9,25-26H,5-6H2,1H3. The van der Waals surface area contributed by atoms with Crippen LogP contribution < -0.4 is 4.74 Å². The quantitative estimate of drug-likeness (QED) is 0.660. The normalized spacial score (nSPS) is 11.6. The monoisotopic (exact) mass is 396 g/mol. The Morgan fingerprint density at radius 1 is 1.07 bits per heavy atom. The van der Waals surface area contributed by atoms with Crippen LogP contribution in [-0.4, -0.2) is 50.5 Å². The molecule has 1 heterocycles. The van der Waals surface area contributed by atoms with Crippen LogP contribution in [0.25, 0.3) is 22.5 Å². The van der Waals surface area contributed by atoms with Gasteiger partial charge in [-0.1, -0.05) is 12.1 Å². The number of aromatic nitrogens is 4. The van der Waals surface area contributed by atoms with Crippen LogP contribution in [0.2, 0.25) is 0 Å². The second-order valence-electron chi connectivity index (χ2n) is 5.68. The molecule has 0 unspecified atom stereocenters. The van der Waals surface area contributed by atoms with Crippen molar-refractivity contribution >= 4 is 0 Å². The summed E-state index contributed by atoms with van der Waals surface area (Å²) in [6, 6.07) is 7.56. The second-order valence-corrected chi connectivity index (χ2v) is 5.68. The molecule has 0 aliphatic carbocycles. The molecule has 0 spiro atoms. The van der Waals surface area contributed by atoms with Crippen LogP contribution in [-0.2, 0) is 11.3 Å². The number of ether oxygens (including phenoxy) is 2. The molecule has 0 bridgehead atoms. The van der Waals surface area contributed by atoms with Gasteiger partial charge in [0.05, 0.1) is 18.7 Å². The van der Waals surface area contributed by atoms with Crippen LogP contribution in [0.4, 0.5) is 13.2 Å². The van der Waals surface area contributed by atoms with Crippen LogP contribution in [0, 0.1) is 0 Å². The van der Waals surface area contributed by atoms with Crippen molar-refractivity contribution in [3.8, 4) is 39.8 Å². The number of hydrogen-bond donors (Lipinski definition) is 2. The molecule has 0 atom stereocenters. The maximum atomic E-state index is 12.5. The van der Waals surface area contributed by atoms with Gasteiger partial charge >= 0.3 is 6.36 Å². The molecular formula is C17H15F3N4O4. The number of alkyl halides is 3. The first-order chi connectivity index (χ1) is 13.3. The Bertz CT molecular complexity index is 975. The van der Waals surface area contributed by atoms with E-state index in [0.717, 1.165) is 18.2 Å². The summed E-state index contributed by atoms with van der Waals surface area (Å²) in [5.41, 5.74) is 0.606. The average Bonchev–Trinajstić information content (AvgIpc) is 3.07. The van der Waals surface area contributed by atoms with E-state index in [1.54, 1.807) is 0 Å². The second kappa shape index (κ2) is 7.72. The molecule has 2 N–H and O–H groups in total. The molecule has 0 saturated heterocycles. The molecule has 0 saturated carbocycles. The lowest BCUT2D eigenvalue weighted by atomic mass is 10.0. The van der Waals surface area contributed by atoms with E-state index in [9.17, 15) is 23.4 Å². The predicted molar refractivity (Wildman–Crippen MR) is 90.6 cm³/mol. The van der Waals surface area contributed by atoms with Gasteiger partial charge in [-0.2, -0.15) is 0 Å². The Morgan fingerprint density at radius 3 is 2.54 bits per heavy atom. The Kier molecular flexibility index (Phi) is 5.36. The van der Waals surface area contributed by atoms with Crippen molar-refractivity contribution in [2.45, 2.75) is 12.9 Å². The molecule has 0 aliphatic heterocycles. The van der Waals surface area contributed by atoms with Gasteiger partial charge in [0.1, 0.15) is 17.2 Å². The number of aromatic hydroxyl groups is 2. The third kappa shape index (κ3) is 4.31. The van der Waals surface area contributed by atoms with Crippen LogP contribution in [0.3, 0.4) is 0 Å².